The molecule has 0 amide bonds. The lowest BCUT2D eigenvalue weighted by molar-refractivity contribution is 1.17. The summed E-state index contributed by atoms with van der Waals surface area (Å²) in [5.41, 5.74) is 5.08. The van der Waals surface area contributed by atoms with E-state index in [9.17, 15) is 0 Å². The molecule has 0 saturated heterocycles. The number of aromatic nitrogens is 1. The van der Waals surface area contributed by atoms with Crippen molar-refractivity contribution in [2.45, 2.75) is 6.92 Å². The lowest BCUT2D eigenvalue weighted by Gasteiger charge is -2.08. The smallest absolute Gasteiger partial charge is 0.0674 e. The van der Waals surface area contributed by atoms with Gasteiger partial charge < -0.3 is 4.57 Å². The third-order valence-electron chi connectivity index (χ3n) is 3.91. The molecule has 1 heterocycles. The Balaban J connectivity index is 2.26. The number of hydrogen-bond acceptors (Lipinski definition) is 0. The maximum absolute atomic E-state index is 2.43. The van der Waals surface area contributed by atoms with E-state index in [0.29, 0.717) is 0 Å². The van der Waals surface area contributed by atoms with Crippen molar-refractivity contribution in [2.24, 2.45) is 0 Å². The maximum atomic E-state index is 2.43. The molecular formula is C19H14IN. The zero-order valence-corrected chi connectivity index (χ0v) is 13.8. The van der Waals surface area contributed by atoms with Gasteiger partial charge in [-0.15, -0.1) is 0 Å². The van der Waals surface area contributed by atoms with Gasteiger partial charge in [0, 0.05) is 20.0 Å². The summed E-state index contributed by atoms with van der Waals surface area (Å²) in [5.74, 6) is 0. The van der Waals surface area contributed by atoms with Crippen LogP contribution in [0.15, 0.2) is 66.7 Å². The fourth-order valence-corrected chi connectivity index (χ4v) is 3.73. The van der Waals surface area contributed by atoms with Crippen LogP contribution in [0.3, 0.4) is 0 Å². The van der Waals surface area contributed by atoms with Crippen molar-refractivity contribution in [2.75, 3.05) is 0 Å². The summed E-state index contributed by atoms with van der Waals surface area (Å²) in [6.45, 7) is 2.15. The Hall–Kier alpha value is -1.81. The summed E-state index contributed by atoms with van der Waals surface area (Å²) in [5, 5.41) is 2.65. The highest BCUT2D eigenvalue weighted by atomic mass is 127. The molecule has 0 aliphatic heterocycles. The van der Waals surface area contributed by atoms with Crippen molar-refractivity contribution in [3.8, 4) is 5.69 Å². The van der Waals surface area contributed by atoms with Crippen molar-refractivity contribution in [3.63, 3.8) is 0 Å². The van der Waals surface area contributed by atoms with Gasteiger partial charge >= 0.3 is 0 Å². The minimum absolute atomic E-state index is 1.21. The van der Waals surface area contributed by atoms with Gasteiger partial charge in [0.15, 0.2) is 0 Å². The number of fused-ring (bicyclic) bond motifs is 3. The highest BCUT2D eigenvalue weighted by Gasteiger charge is 2.13. The molecule has 1 aromatic heterocycles. The normalized spacial score (nSPS) is 11.3. The monoisotopic (exact) mass is 383 g/mol. The number of halogens is 1. The number of para-hydroxylation sites is 2. The molecule has 0 radical (unpaired) electrons. The highest BCUT2D eigenvalue weighted by Crippen LogP contribution is 2.34. The number of benzene rings is 3. The van der Waals surface area contributed by atoms with E-state index in [0.717, 1.165) is 0 Å². The zero-order chi connectivity index (χ0) is 14.4. The molecule has 0 N–H and O–H groups in total. The third-order valence-corrected chi connectivity index (χ3v) is 4.78. The summed E-state index contributed by atoms with van der Waals surface area (Å²) >= 11 is 2.43. The molecule has 102 valence electrons. The van der Waals surface area contributed by atoms with Crippen LogP contribution in [-0.4, -0.2) is 4.57 Å². The SMILES string of the molecule is Cc1ccc2c(c1)c1cccc(I)c1n2-c1ccccc1. The molecule has 4 aromatic rings. The van der Waals surface area contributed by atoms with Gasteiger partial charge in [0.2, 0.25) is 0 Å². The van der Waals surface area contributed by atoms with Gasteiger partial charge in [-0.05, 0) is 59.8 Å². The fraction of sp³-hybridized carbons (Fsp3) is 0.0526. The largest absolute Gasteiger partial charge is 0.308 e. The lowest BCUT2D eigenvalue weighted by atomic mass is 10.1. The van der Waals surface area contributed by atoms with E-state index in [2.05, 4.69) is 101 Å². The zero-order valence-electron chi connectivity index (χ0n) is 11.7. The number of rotatable bonds is 1. The number of hydrogen-bond donors (Lipinski definition) is 0. The molecule has 0 aliphatic carbocycles. The predicted octanol–water partition coefficient (Wildman–Crippen LogP) is 5.70. The second-order valence-corrected chi connectivity index (χ2v) is 6.49. The Morgan fingerprint density at radius 1 is 0.810 bits per heavy atom. The van der Waals surface area contributed by atoms with Crippen LogP contribution in [0.25, 0.3) is 27.5 Å². The molecule has 21 heavy (non-hydrogen) atoms. The van der Waals surface area contributed by atoms with Gasteiger partial charge in [0.1, 0.15) is 0 Å². The molecule has 0 aliphatic rings. The molecule has 2 heteroatoms. The molecule has 1 nitrogen and oxygen atoms in total. The van der Waals surface area contributed by atoms with E-state index < -0.39 is 0 Å². The van der Waals surface area contributed by atoms with E-state index in [1.165, 1.54) is 36.6 Å². The van der Waals surface area contributed by atoms with Gasteiger partial charge in [-0.25, -0.2) is 0 Å². The van der Waals surface area contributed by atoms with Crippen LogP contribution in [0.5, 0.6) is 0 Å². The van der Waals surface area contributed by atoms with Crippen LogP contribution in [0, 0.1) is 10.5 Å². The van der Waals surface area contributed by atoms with Gasteiger partial charge in [0.25, 0.3) is 0 Å². The molecule has 0 atom stereocenters. The van der Waals surface area contributed by atoms with Crippen molar-refractivity contribution in [3.05, 3.63) is 75.9 Å². The van der Waals surface area contributed by atoms with Crippen LogP contribution in [0.2, 0.25) is 0 Å². The second kappa shape index (κ2) is 4.88. The van der Waals surface area contributed by atoms with Gasteiger partial charge in [-0.1, -0.05) is 42.0 Å². The van der Waals surface area contributed by atoms with Crippen molar-refractivity contribution >= 4 is 44.4 Å². The molecule has 3 aromatic carbocycles. The average molecular weight is 383 g/mol. The van der Waals surface area contributed by atoms with Crippen LogP contribution in [0.4, 0.5) is 0 Å². The Labute approximate surface area is 137 Å². The first kappa shape index (κ1) is 12.9. The predicted molar refractivity (Wildman–Crippen MR) is 98.2 cm³/mol. The van der Waals surface area contributed by atoms with Crippen molar-refractivity contribution < 1.29 is 0 Å². The van der Waals surface area contributed by atoms with E-state index in [-0.39, 0.29) is 0 Å². The quantitative estimate of drug-likeness (QED) is 0.372. The van der Waals surface area contributed by atoms with Gasteiger partial charge in [0.05, 0.1) is 11.0 Å². The maximum Gasteiger partial charge on any atom is 0.0674 e. The summed E-state index contributed by atoms with van der Waals surface area (Å²) in [4.78, 5) is 0. The Morgan fingerprint density at radius 3 is 2.43 bits per heavy atom. The first-order valence-corrected chi connectivity index (χ1v) is 8.08. The molecule has 0 saturated carbocycles. The summed E-state index contributed by atoms with van der Waals surface area (Å²) in [6.07, 6.45) is 0. The van der Waals surface area contributed by atoms with Crippen LogP contribution < -0.4 is 0 Å². The van der Waals surface area contributed by atoms with E-state index in [1.807, 2.05) is 0 Å². The first-order chi connectivity index (χ1) is 10.3. The minimum atomic E-state index is 1.21. The summed E-state index contributed by atoms with van der Waals surface area (Å²) in [6, 6.07) is 23.8. The fourth-order valence-electron chi connectivity index (χ4n) is 2.99. The van der Waals surface area contributed by atoms with Crippen molar-refractivity contribution in [1.29, 1.82) is 0 Å². The van der Waals surface area contributed by atoms with E-state index in [1.54, 1.807) is 0 Å². The van der Waals surface area contributed by atoms with E-state index >= 15 is 0 Å². The minimum Gasteiger partial charge on any atom is -0.308 e. The van der Waals surface area contributed by atoms with Crippen LogP contribution in [0.1, 0.15) is 5.56 Å². The Morgan fingerprint density at radius 2 is 1.62 bits per heavy atom. The topological polar surface area (TPSA) is 4.93 Å². The Bertz CT molecular complexity index is 952. The molecular weight excluding hydrogens is 369 g/mol. The summed E-state index contributed by atoms with van der Waals surface area (Å²) in [7, 11) is 0. The van der Waals surface area contributed by atoms with E-state index in [4.69, 9.17) is 0 Å². The molecule has 0 spiro atoms. The third kappa shape index (κ3) is 1.97. The number of nitrogens with zero attached hydrogens (tertiary/aromatic N) is 1. The Kier molecular flexibility index (Phi) is 3.00. The molecule has 4 rings (SSSR count). The molecule has 0 unspecified atom stereocenters. The number of aryl methyl sites for hydroxylation is 1. The highest BCUT2D eigenvalue weighted by molar-refractivity contribution is 14.1. The van der Waals surface area contributed by atoms with Crippen LogP contribution >= 0.6 is 22.6 Å². The van der Waals surface area contributed by atoms with Crippen LogP contribution in [-0.2, 0) is 0 Å². The first-order valence-electron chi connectivity index (χ1n) is 7.00. The average Bonchev–Trinajstić information content (AvgIpc) is 2.83. The lowest BCUT2D eigenvalue weighted by Crippen LogP contribution is -1.94. The van der Waals surface area contributed by atoms with Gasteiger partial charge in [-0.3, -0.25) is 0 Å². The van der Waals surface area contributed by atoms with Crippen molar-refractivity contribution in [1.82, 2.24) is 4.57 Å². The second-order valence-electron chi connectivity index (χ2n) is 5.33. The summed E-state index contributed by atoms with van der Waals surface area (Å²) < 4.78 is 3.65. The molecule has 0 bridgehead atoms. The van der Waals surface area contributed by atoms with Gasteiger partial charge in [-0.2, -0.15) is 0 Å². The standard InChI is InChI=1S/C19H14IN/c1-13-10-11-18-16(12-13)15-8-5-9-17(20)19(15)21(18)14-6-3-2-4-7-14/h2-12H,1H3. The molecule has 0 fully saturated rings.